The van der Waals surface area contributed by atoms with Crippen molar-refractivity contribution in [3.63, 3.8) is 0 Å². The number of fused-ring (bicyclic) bond motifs is 5. The Hall–Kier alpha value is -0.810. The van der Waals surface area contributed by atoms with Crippen molar-refractivity contribution in [2.75, 3.05) is 39.3 Å². The molecule has 25 heavy (non-hydrogen) atoms. The Bertz CT molecular complexity index is 482. The zero-order chi connectivity index (χ0) is 17.4. The van der Waals surface area contributed by atoms with Gasteiger partial charge in [-0.1, -0.05) is 6.42 Å². The van der Waals surface area contributed by atoms with Gasteiger partial charge in [0.25, 0.3) is 0 Å². The quantitative estimate of drug-likeness (QED) is 0.625. The average Bonchev–Trinajstić information content (AvgIpc) is 3.32. The maximum Gasteiger partial charge on any atom is 0.194 e. The zero-order valence-corrected chi connectivity index (χ0v) is 16.3. The fourth-order valence-corrected chi connectivity index (χ4v) is 5.43. The number of aliphatic imine (C=N–C) groups is 1. The van der Waals surface area contributed by atoms with Gasteiger partial charge in [0.05, 0.1) is 18.8 Å². The summed E-state index contributed by atoms with van der Waals surface area (Å²) in [5, 5.41) is 3.56. The Balaban J connectivity index is 1.41. The minimum atomic E-state index is 0.152. The van der Waals surface area contributed by atoms with Crippen LogP contribution in [0, 0.1) is 11.8 Å². The van der Waals surface area contributed by atoms with Crippen molar-refractivity contribution >= 4 is 5.96 Å². The van der Waals surface area contributed by atoms with E-state index in [1.165, 1.54) is 45.2 Å². The molecule has 4 aliphatic rings. The fourth-order valence-electron chi connectivity index (χ4n) is 5.43. The second-order valence-corrected chi connectivity index (χ2v) is 9.05. The predicted molar refractivity (Wildman–Crippen MR) is 102 cm³/mol. The number of nitrogens with zero attached hydrogens (tertiary/aromatic N) is 3. The van der Waals surface area contributed by atoms with Crippen molar-refractivity contribution in [3.05, 3.63) is 0 Å². The van der Waals surface area contributed by atoms with Gasteiger partial charge in [0.15, 0.2) is 5.96 Å². The largest absolute Gasteiger partial charge is 0.374 e. The lowest BCUT2D eigenvalue weighted by Crippen LogP contribution is -2.50. The van der Waals surface area contributed by atoms with Crippen molar-refractivity contribution in [2.24, 2.45) is 16.8 Å². The van der Waals surface area contributed by atoms with Gasteiger partial charge in [-0.05, 0) is 59.5 Å². The third-order valence-electron chi connectivity index (χ3n) is 6.92. The van der Waals surface area contributed by atoms with Crippen LogP contribution in [0.3, 0.4) is 0 Å². The predicted octanol–water partition coefficient (Wildman–Crippen LogP) is 2.33. The normalized spacial score (nSPS) is 36.1. The number of guanidine groups is 1. The number of hydrogen-bond acceptors (Lipinski definition) is 3. The Morgan fingerprint density at radius 2 is 1.72 bits per heavy atom. The molecule has 4 heterocycles. The molecule has 4 rings (SSSR count). The van der Waals surface area contributed by atoms with Crippen LogP contribution in [-0.4, -0.2) is 72.8 Å². The summed E-state index contributed by atoms with van der Waals surface area (Å²) in [6.45, 7) is 13.4. The molecule has 0 spiro atoms. The molecular formula is C20H36N4O. The molecule has 0 amide bonds. The molecule has 1 N–H and O–H groups in total. The molecule has 2 bridgehead atoms. The Morgan fingerprint density at radius 3 is 2.32 bits per heavy atom. The first-order valence-electron chi connectivity index (χ1n) is 10.5. The minimum absolute atomic E-state index is 0.152. The number of rotatable bonds is 4. The summed E-state index contributed by atoms with van der Waals surface area (Å²) in [7, 11) is 0. The van der Waals surface area contributed by atoms with E-state index < -0.39 is 0 Å². The number of likely N-dealkylation sites (tertiary alicyclic amines) is 2. The lowest BCUT2D eigenvalue weighted by Gasteiger charge is -2.40. The van der Waals surface area contributed by atoms with E-state index in [2.05, 4.69) is 35.9 Å². The van der Waals surface area contributed by atoms with Crippen molar-refractivity contribution in [1.82, 2.24) is 15.1 Å². The lowest BCUT2D eigenvalue weighted by molar-refractivity contribution is 0.0765. The molecule has 4 unspecified atom stereocenters. The van der Waals surface area contributed by atoms with Crippen molar-refractivity contribution < 1.29 is 4.74 Å². The van der Waals surface area contributed by atoms with E-state index in [0.29, 0.717) is 12.2 Å². The van der Waals surface area contributed by atoms with Crippen LogP contribution in [-0.2, 0) is 4.74 Å². The molecule has 0 saturated carbocycles. The highest BCUT2D eigenvalue weighted by atomic mass is 16.5. The van der Waals surface area contributed by atoms with E-state index in [9.17, 15) is 0 Å². The molecule has 0 aromatic rings. The minimum Gasteiger partial charge on any atom is -0.374 e. The summed E-state index contributed by atoms with van der Waals surface area (Å²) in [6.07, 6.45) is 7.65. The Labute approximate surface area is 153 Å². The van der Waals surface area contributed by atoms with Gasteiger partial charge in [-0.2, -0.15) is 0 Å². The van der Waals surface area contributed by atoms with Crippen LogP contribution >= 0.6 is 0 Å². The van der Waals surface area contributed by atoms with Crippen LogP contribution in [0.25, 0.3) is 0 Å². The second-order valence-electron chi connectivity index (χ2n) is 9.05. The van der Waals surface area contributed by atoms with E-state index in [1.807, 2.05) is 0 Å². The highest BCUT2D eigenvalue weighted by Crippen LogP contribution is 2.47. The first-order chi connectivity index (χ1) is 12.1. The third-order valence-corrected chi connectivity index (χ3v) is 6.92. The summed E-state index contributed by atoms with van der Waals surface area (Å²) in [6, 6.07) is 0. The molecule has 0 radical (unpaired) electrons. The van der Waals surface area contributed by atoms with E-state index in [1.54, 1.807) is 0 Å². The average molecular weight is 349 g/mol. The topological polar surface area (TPSA) is 40.1 Å². The van der Waals surface area contributed by atoms with Crippen LogP contribution in [0.15, 0.2) is 4.99 Å². The smallest absolute Gasteiger partial charge is 0.194 e. The van der Waals surface area contributed by atoms with Gasteiger partial charge in [-0.15, -0.1) is 0 Å². The summed E-state index contributed by atoms with van der Waals surface area (Å²) in [4.78, 5) is 10.2. The van der Waals surface area contributed by atoms with Crippen LogP contribution < -0.4 is 5.32 Å². The van der Waals surface area contributed by atoms with Gasteiger partial charge < -0.3 is 15.0 Å². The van der Waals surface area contributed by atoms with Crippen LogP contribution in [0.2, 0.25) is 0 Å². The first-order valence-corrected chi connectivity index (χ1v) is 10.5. The van der Waals surface area contributed by atoms with E-state index in [-0.39, 0.29) is 5.54 Å². The molecule has 5 heteroatoms. The molecule has 4 saturated heterocycles. The van der Waals surface area contributed by atoms with E-state index >= 15 is 0 Å². The van der Waals surface area contributed by atoms with Gasteiger partial charge in [0.2, 0.25) is 0 Å². The van der Waals surface area contributed by atoms with Gasteiger partial charge in [0.1, 0.15) is 0 Å². The van der Waals surface area contributed by atoms with E-state index in [4.69, 9.17) is 9.73 Å². The summed E-state index contributed by atoms with van der Waals surface area (Å²) in [5.41, 5.74) is 0.152. The number of ether oxygens (including phenoxy) is 1. The number of piperidine rings is 1. The lowest BCUT2D eigenvalue weighted by atomic mass is 9.82. The molecule has 4 atom stereocenters. The molecule has 142 valence electrons. The molecule has 0 aliphatic carbocycles. The zero-order valence-electron chi connectivity index (χ0n) is 16.3. The number of nitrogens with one attached hydrogen (secondary N) is 1. The number of hydrogen-bond donors (Lipinski definition) is 1. The third kappa shape index (κ3) is 3.42. The van der Waals surface area contributed by atoms with Gasteiger partial charge >= 0.3 is 0 Å². The molecule has 4 aliphatic heterocycles. The van der Waals surface area contributed by atoms with Crippen molar-refractivity contribution in [1.29, 1.82) is 0 Å². The van der Waals surface area contributed by atoms with Crippen LogP contribution in [0.5, 0.6) is 0 Å². The summed E-state index contributed by atoms with van der Waals surface area (Å²) in [5.74, 6) is 2.59. The molecule has 4 fully saturated rings. The van der Waals surface area contributed by atoms with Crippen molar-refractivity contribution in [2.45, 2.75) is 70.6 Å². The van der Waals surface area contributed by atoms with Crippen LogP contribution in [0.1, 0.15) is 52.9 Å². The SMILES string of the molecule is CCNC(=NCC(C)(C)N1CCCCC1)N1CC2C3CCC(O3)C2C1. The Kier molecular flexibility index (Phi) is 4.98. The maximum absolute atomic E-state index is 6.13. The molecular weight excluding hydrogens is 312 g/mol. The molecule has 0 aromatic heterocycles. The van der Waals surface area contributed by atoms with E-state index in [0.717, 1.165) is 44.0 Å². The summed E-state index contributed by atoms with van der Waals surface area (Å²) < 4.78 is 6.13. The van der Waals surface area contributed by atoms with Crippen LogP contribution in [0.4, 0.5) is 0 Å². The second kappa shape index (κ2) is 7.07. The Morgan fingerprint density at radius 1 is 1.08 bits per heavy atom. The monoisotopic (exact) mass is 348 g/mol. The highest BCUT2D eigenvalue weighted by Gasteiger charge is 2.53. The van der Waals surface area contributed by atoms with Gasteiger partial charge in [0, 0.05) is 37.0 Å². The summed E-state index contributed by atoms with van der Waals surface area (Å²) >= 11 is 0. The first kappa shape index (κ1) is 17.6. The molecule has 5 nitrogen and oxygen atoms in total. The standard InChI is InChI=1S/C20H36N4O/c1-4-21-19(22-14-20(2,3)24-10-6-5-7-11-24)23-12-15-16(13-23)18-9-8-17(15)25-18/h15-18H,4-14H2,1-3H3,(H,21,22). The highest BCUT2D eigenvalue weighted by molar-refractivity contribution is 5.80. The van der Waals surface area contributed by atoms with Crippen molar-refractivity contribution in [3.8, 4) is 0 Å². The van der Waals surface area contributed by atoms with Gasteiger partial charge in [-0.25, -0.2) is 0 Å². The maximum atomic E-state index is 6.13. The fraction of sp³-hybridized carbons (Fsp3) is 0.950. The molecule has 0 aromatic carbocycles. The van der Waals surface area contributed by atoms with Gasteiger partial charge in [-0.3, -0.25) is 9.89 Å².